The van der Waals surface area contributed by atoms with Crippen LogP contribution >= 0.6 is 0 Å². The van der Waals surface area contributed by atoms with Crippen LogP contribution in [0.2, 0.25) is 0 Å². The summed E-state index contributed by atoms with van der Waals surface area (Å²) in [4.78, 5) is 13.8. The van der Waals surface area contributed by atoms with Gasteiger partial charge >= 0.3 is 0 Å². The largest absolute Gasteiger partial charge is 0.484 e. The second-order valence-electron chi connectivity index (χ2n) is 5.31. The summed E-state index contributed by atoms with van der Waals surface area (Å²) in [5, 5.41) is 3.14. The van der Waals surface area contributed by atoms with Crippen molar-refractivity contribution in [3.05, 3.63) is 29.6 Å². The van der Waals surface area contributed by atoms with Crippen molar-refractivity contribution < 1.29 is 13.9 Å². The van der Waals surface area contributed by atoms with Crippen molar-refractivity contribution in [1.29, 1.82) is 0 Å². The molecule has 0 unspecified atom stereocenters. The van der Waals surface area contributed by atoms with Crippen LogP contribution in [0.15, 0.2) is 18.2 Å². The molecule has 1 amide bonds. The quantitative estimate of drug-likeness (QED) is 0.875. The number of benzene rings is 1. The standard InChI is InChI=1S/C16H23FN2O2/c1-2-18-11-13-8-14(17)10-15(9-13)21-12-16(20)19-6-4-3-5-7-19/h8-10,18H,2-7,11-12H2,1H3. The molecule has 4 nitrogen and oxygen atoms in total. The fourth-order valence-corrected chi connectivity index (χ4v) is 2.46. The van der Waals surface area contributed by atoms with Crippen LogP contribution in [0.1, 0.15) is 31.7 Å². The fourth-order valence-electron chi connectivity index (χ4n) is 2.46. The average Bonchev–Trinajstić information content (AvgIpc) is 2.51. The molecular weight excluding hydrogens is 271 g/mol. The van der Waals surface area contributed by atoms with E-state index >= 15 is 0 Å². The second-order valence-corrected chi connectivity index (χ2v) is 5.31. The van der Waals surface area contributed by atoms with E-state index in [0.717, 1.165) is 38.0 Å². The van der Waals surface area contributed by atoms with Gasteiger partial charge in [-0.25, -0.2) is 4.39 Å². The first-order chi connectivity index (χ1) is 10.2. The highest BCUT2D eigenvalue weighted by atomic mass is 19.1. The molecule has 0 radical (unpaired) electrons. The number of ether oxygens (including phenoxy) is 1. The maximum atomic E-state index is 13.5. The van der Waals surface area contributed by atoms with E-state index in [1.54, 1.807) is 6.07 Å². The monoisotopic (exact) mass is 294 g/mol. The van der Waals surface area contributed by atoms with Crippen molar-refractivity contribution in [2.45, 2.75) is 32.7 Å². The van der Waals surface area contributed by atoms with Gasteiger partial charge in [-0.2, -0.15) is 0 Å². The molecule has 0 bridgehead atoms. The molecule has 1 N–H and O–H groups in total. The van der Waals surface area contributed by atoms with Crippen molar-refractivity contribution in [3.8, 4) is 5.75 Å². The maximum absolute atomic E-state index is 13.5. The van der Waals surface area contributed by atoms with E-state index < -0.39 is 0 Å². The molecule has 1 heterocycles. The molecule has 1 aromatic carbocycles. The number of carbonyl (C=O) groups excluding carboxylic acids is 1. The third-order valence-corrected chi connectivity index (χ3v) is 3.58. The van der Waals surface area contributed by atoms with E-state index in [-0.39, 0.29) is 18.3 Å². The van der Waals surface area contributed by atoms with Crippen LogP contribution in [0.5, 0.6) is 5.75 Å². The number of halogens is 1. The van der Waals surface area contributed by atoms with Crippen LogP contribution in [0.25, 0.3) is 0 Å². The van der Waals surface area contributed by atoms with E-state index in [2.05, 4.69) is 5.32 Å². The highest BCUT2D eigenvalue weighted by Crippen LogP contribution is 2.17. The van der Waals surface area contributed by atoms with Gasteiger partial charge in [0, 0.05) is 25.7 Å². The van der Waals surface area contributed by atoms with E-state index in [9.17, 15) is 9.18 Å². The molecule has 1 saturated heterocycles. The Bertz CT molecular complexity index is 473. The number of piperidine rings is 1. The summed E-state index contributed by atoms with van der Waals surface area (Å²) in [7, 11) is 0. The predicted molar refractivity (Wildman–Crippen MR) is 79.7 cm³/mol. The van der Waals surface area contributed by atoms with Gasteiger partial charge in [-0.15, -0.1) is 0 Å². The maximum Gasteiger partial charge on any atom is 0.260 e. The van der Waals surface area contributed by atoms with Crippen LogP contribution in [-0.2, 0) is 11.3 Å². The molecule has 0 spiro atoms. The van der Waals surface area contributed by atoms with Gasteiger partial charge in [0.15, 0.2) is 6.61 Å². The molecule has 1 aliphatic rings. The summed E-state index contributed by atoms with van der Waals surface area (Å²) in [5.74, 6) is 0.0475. The third kappa shape index (κ3) is 5.01. The Morgan fingerprint density at radius 1 is 1.29 bits per heavy atom. The van der Waals surface area contributed by atoms with Gasteiger partial charge in [-0.1, -0.05) is 6.92 Å². The zero-order valence-corrected chi connectivity index (χ0v) is 12.5. The third-order valence-electron chi connectivity index (χ3n) is 3.58. The average molecular weight is 294 g/mol. The zero-order chi connectivity index (χ0) is 15.1. The van der Waals surface area contributed by atoms with Crippen molar-refractivity contribution in [2.24, 2.45) is 0 Å². The van der Waals surface area contributed by atoms with Crippen molar-refractivity contribution >= 4 is 5.91 Å². The number of nitrogens with zero attached hydrogens (tertiary/aromatic N) is 1. The van der Waals surface area contributed by atoms with Crippen LogP contribution in [-0.4, -0.2) is 37.0 Å². The van der Waals surface area contributed by atoms with Crippen molar-refractivity contribution in [2.75, 3.05) is 26.2 Å². The van der Waals surface area contributed by atoms with Gasteiger partial charge < -0.3 is 15.0 Å². The first-order valence-corrected chi connectivity index (χ1v) is 7.60. The van der Waals surface area contributed by atoms with E-state index in [0.29, 0.717) is 12.3 Å². The first kappa shape index (κ1) is 15.8. The minimum Gasteiger partial charge on any atom is -0.484 e. The normalized spacial score (nSPS) is 15.0. The summed E-state index contributed by atoms with van der Waals surface area (Å²) >= 11 is 0. The highest BCUT2D eigenvalue weighted by Gasteiger charge is 2.16. The van der Waals surface area contributed by atoms with Gasteiger partial charge in [-0.3, -0.25) is 4.79 Å². The lowest BCUT2D eigenvalue weighted by Gasteiger charge is -2.26. The molecule has 1 aromatic rings. The number of hydrogen-bond donors (Lipinski definition) is 1. The Hall–Kier alpha value is -1.62. The fraction of sp³-hybridized carbons (Fsp3) is 0.562. The molecule has 0 atom stereocenters. The van der Waals surface area contributed by atoms with Crippen LogP contribution in [0.4, 0.5) is 4.39 Å². The molecule has 1 aliphatic heterocycles. The molecule has 0 aromatic heterocycles. The molecule has 0 saturated carbocycles. The van der Waals surface area contributed by atoms with Crippen LogP contribution < -0.4 is 10.1 Å². The topological polar surface area (TPSA) is 41.6 Å². The Labute approximate surface area is 125 Å². The van der Waals surface area contributed by atoms with Crippen molar-refractivity contribution in [3.63, 3.8) is 0 Å². The SMILES string of the molecule is CCNCc1cc(F)cc(OCC(=O)N2CCCCC2)c1. The predicted octanol–water partition coefficient (Wildman–Crippen LogP) is 2.33. The Balaban J connectivity index is 1.89. The number of rotatable bonds is 6. The molecule has 2 rings (SSSR count). The van der Waals surface area contributed by atoms with Gasteiger partial charge in [0.05, 0.1) is 0 Å². The van der Waals surface area contributed by atoms with Crippen LogP contribution in [0.3, 0.4) is 0 Å². The number of amides is 1. The van der Waals surface area contributed by atoms with E-state index in [1.807, 2.05) is 11.8 Å². The van der Waals surface area contributed by atoms with E-state index in [1.165, 1.54) is 18.6 Å². The summed E-state index contributed by atoms with van der Waals surface area (Å²) in [6.07, 6.45) is 3.29. The summed E-state index contributed by atoms with van der Waals surface area (Å²) < 4.78 is 19.0. The Morgan fingerprint density at radius 3 is 2.76 bits per heavy atom. The van der Waals surface area contributed by atoms with Gasteiger partial charge in [-0.05, 0) is 43.5 Å². The lowest BCUT2D eigenvalue weighted by atomic mass is 10.1. The van der Waals surface area contributed by atoms with Gasteiger partial charge in [0.2, 0.25) is 0 Å². The van der Waals surface area contributed by atoms with Gasteiger partial charge in [0.25, 0.3) is 5.91 Å². The Morgan fingerprint density at radius 2 is 2.05 bits per heavy atom. The lowest BCUT2D eigenvalue weighted by molar-refractivity contribution is -0.134. The number of likely N-dealkylation sites (tertiary alicyclic amines) is 1. The number of carbonyl (C=O) groups is 1. The molecular formula is C16H23FN2O2. The molecule has 1 fully saturated rings. The molecule has 116 valence electrons. The second kappa shape index (κ2) is 7.98. The molecule has 0 aliphatic carbocycles. The number of nitrogens with one attached hydrogen (secondary N) is 1. The van der Waals surface area contributed by atoms with E-state index in [4.69, 9.17) is 4.74 Å². The minimum atomic E-state index is -0.342. The van der Waals surface area contributed by atoms with Crippen molar-refractivity contribution in [1.82, 2.24) is 10.2 Å². The summed E-state index contributed by atoms with van der Waals surface area (Å²) in [6, 6.07) is 4.57. The highest BCUT2D eigenvalue weighted by molar-refractivity contribution is 5.77. The van der Waals surface area contributed by atoms with Crippen LogP contribution in [0, 0.1) is 5.82 Å². The zero-order valence-electron chi connectivity index (χ0n) is 12.5. The molecule has 21 heavy (non-hydrogen) atoms. The smallest absolute Gasteiger partial charge is 0.260 e. The van der Waals surface area contributed by atoms with Gasteiger partial charge in [0.1, 0.15) is 11.6 Å². The number of hydrogen-bond acceptors (Lipinski definition) is 3. The molecule has 5 heteroatoms. The summed E-state index contributed by atoms with van der Waals surface area (Å²) in [5.41, 5.74) is 0.817. The lowest BCUT2D eigenvalue weighted by Crippen LogP contribution is -2.38. The Kier molecular flexibility index (Phi) is 5.99. The summed E-state index contributed by atoms with van der Waals surface area (Å²) in [6.45, 7) is 4.98. The first-order valence-electron chi connectivity index (χ1n) is 7.60. The minimum absolute atomic E-state index is 0.0211.